The van der Waals surface area contributed by atoms with Crippen molar-refractivity contribution < 1.29 is 9.53 Å². The molecule has 0 atom stereocenters. The minimum Gasteiger partial charge on any atom is -0.468 e. The van der Waals surface area contributed by atoms with Crippen LogP contribution in [0.5, 0.6) is 0 Å². The second-order valence-corrected chi connectivity index (χ2v) is 5.95. The average Bonchev–Trinajstić information content (AvgIpc) is 2.45. The minimum absolute atomic E-state index is 0.190. The van der Waals surface area contributed by atoms with Gasteiger partial charge in [0.15, 0.2) is 0 Å². The molecule has 4 heteroatoms. The van der Waals surface area contributed by atoms with Crippen LogP contribution in [0.4, 0.5) is 0 Å². The molecule has 118 valence electrons. The highest BCUT2D eigenvalue weighted by molar-refractivity contribution is 5.71. The fourth-order valence-electron chi connectivity index (χ4n) is 2.10. The molecule has 0 aliphatic rings. The van der Waals surface area contributed by atoms with Gasteiger partial charge in [0.2, 0.25) is 0 Å². The quantitative estimate of drug-likeness (QED) is 0.689. The molecule has 0 saturated carbocycles. The molecular formula is C17H28N2O2. The Morgan fingerprint density at radius 2 is 1.67 bits per heavy atom. The Balaban J connectivity index is 2.36. The number of nitrogens with zero attached hydrogens (tertiary/aromatic N) is 2. The summed E-state index contributed by atoms with van der Waals surface area (Å²) in [5.74, 6) is 0.383. The molecule has 0 bridgehead atoms. The first-order valence-corrected chi connectivity index (χ1v) is 7.45. The number of rotatable bonds is 8. The second-order valence-electron chi connectivity index (χ2n) is 5.95. The highest BCUT2D eigenvalue weighted by Gasteiger charge is 2.08. The van der Waals surface area contributed by atoms with Gasteiger partial charge in [0.1, 0.15) is 0 Å². The number of ether oxygens (including phenoxy) is 1. The van der Waals surface area contributed by atoms with Crippen LogP contribution in [-0.4, -0.2) is 56.6 Å². The molecule has 1 aromatic rings. The van der Waals surface area contributed by atoms with Crippen molar-refractivity contribution in [1.29, 1.82) is 0 Å². The van der Waals surface area contributed by atoms with Gasteiger partial charge in [0, 0.05) is 19.6 Å². The van der Waals surface area contributed by atoms with Gasteiger partial charge < -0.3 is 9.64 Å². The van der Waals surface area contributed by atoms with Crippen LogP contribution in [0.1, 0.15) is 30.9 Å². The molecule has 21 heavy (non-hydrogen) atoms. The first-order chi connectivity index (χ1) is 9.92. The highest BCUT2D eigenvalue weighted by atomic mass is 16.5. The Hall–Kier alpha value is -1.39. The van der Waals surface area contributed by atoms with Gasteiger partial charge in [-0.1, -0.05) is 38.1 Å². The molecule has 1 rings (SSSR count). The van der Waals surface area contributed by atoms with E-state index in [0.29, 0.717) is 12.5 Å². The maximum atomic E-state index is 11.2. The third-order valence-electron chi connectivity index (χ3n) is 3.59. The molecule has 0 unspecified atom stereocenters. The summed E-state index contributed by atoms with van der Waals surface area (Å²) in [5, 5.41) is 0. The van der Waals surface area contributed by atoms with Gasteiger partial charge in [0.25, 0.3) is 0 Å². The zero-order valence-corrected chi connectivity index (χ0v) is 13.9. The van der Waals surface area contributed by atoms with Gasteiger partial charge in [-0.05, 0) is 31.1 Å². The maximum Gasteiger partial charge on any atom is 0.319 e. The predicted octanol–water partition coefficient (Wildman–Crippen LogP) is 2.35. The molecule has 0 radical (unpaired) electrons. The Morgan fingerprint density at radius 1 is 1.10 bits per heavy atom. The van der Waals surface area contributed by atoms with Gasteiger partial charge in [-0.25, -0.2) is 0 Å². The molecule has 0 aliphatic carbocycles. The Bertz CT molecular complexity index is 429. The topological polar surface area (TPSA) is 32.8 Å². The van der Waals surface area contributed by atoms with Gasteiger partial charge >= 0.3 is 5.97 Å². The van der Waals surface area contributed by atoms with Gasteiger partial charge in [-0.15, -0.1) is 0 Å². The summed E-state index contributed by atoms with van der Waals surface area (Å²) in [7, 11) is 5.45. The molecular weight excluding hydrogens is 264 g/mol. The number of carbonyl (C=O) groups is 1. The van der Waals surface area contributed by atoms with Crippen molar-refractivity contribution in [3.05, 3.63) is 35.4 Å². The van der Waals surface area contributed by atoms with E-state index in [2.05, 4.69) is 54.8 Å². The number of carbonyl (C=O) groups excluding carboxylic acids is 1. The predicted molar refractivity (Wildman–Crippen MR) is 86.4 cm³/mol. The SMILES string of the molecule is COC(=O)CN(C)CCN(C)Cc1ccc(C(C)C)cc1. The van der Waals surface area contributed by atoms with Crippen molar-refractivity contribution in [3.63, 3.8) is 0 Å². The average molecular weight is 292 g/mol. The van der Waals surface area contributed by atoms with E-state index in [1.165, 1.54) is 18.2 Å². The van der Waals surface area contributed by atoms with E-state index in [-0.39, 0.29) is 5.97 Å². The van der Waals surface area contributed by atoms with Crippen LogP contribution < -0.4 is 0 Å². The van der Waals surface area contributed by atoms with Crippen LogP contribution in [0.2, 0.25) is 0 Å². The molecule has 1 aromatic carbocycles. The Morgan fingerprint density at radius 3 is 2.19 bits per heavy atom. The molecule has 4 nitrogen and oxygen atoms in total. The third-order valence-corrected chi connectivity index (χ3v) is 3.59. The molecule has 0 saturated heterocycles. The minimum atomic E-state index is -0.190. The number of likely N-dealkylation sites (N-methyl/N-ethyl adjacent to an activating group) is 2. The van der Waals surface area contributed by atoms with Gasteiger partial charge in [-0.3, -0.25) is 9.69 Å². The second kappa shape index (κ2) is 8.80. The van der Waals surface area contributed by atoms with Crippen LogP contribution in [0.15, 0.2) is 24.3 Å². The van der Waals surface area contributed by atoms with Gasteiger partial charge in [0.05, 0.1) is 13.7 Å². The zero-order chi connectivity index (χ0) is 15.8. The molecule has 0 amide bonds. The Kier molecular flexibility index (Phi) is 7.40. The number of benzene rings is 1. The van der Waals surface area contributed by atoms with Crippen molar-refractivity contribution in [2.75, 3.05) is 40.8 Å². The maximum absolute atomic E-state index is 11.2. The van der Waals surface area contributed by atoms with E-state index in [0.717, 1.165) is 19.6 Å². The van der Waals surface area contributed by atoms with Crippen molar-refractivity contribution >= 4 is 5.97 Å². The van der Waals surface area contributed by atoms with Crippen LogP contribution in [0.3, 0.4) is 0 Å². The molecule has 0 N–H and O–H groups in total. The van der Waals surface area contributed by atoms with Crippen molar-refractivity contribution in [2.45, 2.75) is 26.3 Å². The summed E-state index contributed by atoms with van der Waals surface area (Å²) in [6, 6.07) is 8.81. The summed E-state index contributed by atoms with van der Waals surface area (Å²) >= 11 is 0. The van der Waals surface area contributed by atoms with Crippen molar-refractivity contribution in [1.82, 2.24) is 9.80 Å². The lowest BCUT2D eigenvalue weighted by molar-refractivity contribution is -0.141. The summed E-state index contributed by atoms with van der Waals surface area (Å²) < 4.78 is 4.66. The molecule has 0 aromatic heterocycles. The summed E-state index contributed by atoms with van der Waals surface area (Å²) in [6.45, 7) is 7.43. The van der Waals surface area contributed by atoms with Crippen LogP contribution in [0.25, 0.3) is 0 Å². The fraction of sp³-hybridized carbons (Fsp3) is 0.588. The van der Waals surface area contributed by atoms with E-state index in [1.807, 2.05) is 11.9 Å². The number of esters is 1. The normalized spacial score (nSPS) is 11.4. The largest absolute Gasteiger partial charge is 0.468 e. The zero-order valence-electron chi connectivity index (χ0n) is 13.9. The number of methoxy groups -OCH3 is 1. The standard InChI is InChI=1S/C17H28N2O2/c1-14(2)16-8-6-15(7-9-16)12-18(3)10-11-19(4)13-17(20)21-5/h6-9,14H,10-13H2,1-5H3. The summed E-state index contributed by atoms with van der Waals surface area (Å²) in [6.07, 6.45) is 0. The molecule has 0 spiro atoms. The lowest BCUT2D eigenvalue weighted by atomic mass is 10.0. The van der Waals surface area contributed by atoms with Gasteiger partial charge in [-0.2, -0.15) is 0 Å². The van der Waals surface area contributed by atoms with E-state index in [1.54, 1.807) is 0 Å². The van der Waals surface area contributed by atoms with Crippen molar-refractivity contribution in [3.8, 4) is 0 Å². The molecule has 0 fully saturated rings. The van der Waals surface area contributed by atoms with E-state index >= 15 is 0 Å². The third kappa shape index (κ3) is 6.74. The lowest BCUT2D eigenvalue weighted by Gasteiger charge is -2.21. The van der Waals surface area contributed by atoms with Crippen molar-refractivity contribution in [2.24, 2.45) is 0 Å². The molecule has 0 heterocycles. The van der Waals surface area contributed by atoms with E-state index in [9.17, 15) is 4.79 Å². The van der Waals surface area contributed by atoms with E-state index < -0.39 is 0 Å². The van der Waals surface area contributed by atoms with E-state index in [4.69, 9.17) is 0 Å². The lowest BCUT2D eigenvalue weighted by Crippen LogP contribution is -2.34. The molecule has 0 aliphatic heterocycles. The number of hydrogen-bond acceptors (Lipinski definition) is 4. The Labute approximate surface area is 128 Å². The first-order valence-electron chi connectivity index (χ1n) is 7.45. The smallest absolute Gasteiger partial charge is 0.319 e. The fourth-order valence-corrected chi connectivity index (χ4v) is 2.10. The highest BCUT2D eigenvalue weighted by Crippen LogP contribution is 2.15. The summed E-state index contributed by atoms with van der Waals surface area (Å²) in [5.41, 5.74) is 2.69. The first kappa shape index (κ1) is 17.7. The van der Waals surface area contributed by atoms with Crippen LogP contribution >= 0.6 is 0 Å². The van der Waals surface area contributed by atoms with Crippen LogP contribution in [0, 0.1) is 0 Å². The van der Waals surface area contributed by atoms with Crippen LogP contribution in [-0.2, 0) is 16.1 Å². The number of hydrogen-bond donors (Lipinski definition) is 0. The monoisotopic (exact) mass is 292 g/mol. The summed E-state index contributed by atoms with van der Waals surface area (Å²) in [4.78, 5) is 15.4.